The Kier molecular flexibility index (Phi) is 4.02. The van der Waals surface area contributed by atoms with Crippen molar-refractivity contribution in [2.24, 2.45) is 4.99 Å². The Balaban J connectivity index is 2.32. The lowest BCUT2D eigenvalue weighted by Gasteiger charge is -2.10. The quantitative estimate of drug-likeness (QED) is 0.569. The zero-order valence-corrected chi connectivity index (χ0v) is 7.31. The molecule has 0 aromatic carbocycles. The molecule has 2 heteroatoms. The van der Waals surface area contributed by atoms with Gasteiger partial charge >= 0.3 is 0 Å². The lowest BCUT2D eigenvalue weighted by molar-refractivity contribution is 0.312. The van der Waals surface area contributed by atoms with Gasteiger partial charge in [0, 0.05) is 13.0 Å². The van der Waals surface area contributed by atoms with Crippen LogP contribution in [0.25, 0.3) is 0 Å². The van der Waals surface area contributed by atoms with Crippen LogP contribution in [0.15, 0.2) is 4.99 Å². The molecule has 0 saturated carbocycles. The molecular weight excluding hydrogens is 138 g/mol. The van der Waals surface area contributed by atoms with Crippen LogP contribution in [0.4, 0.5) is 0 Å². The van der Waals surface area contributed by atoms with Crippen LogP contribution in [-0.2, 0) is 4.74 Å². The first-order valence-electron chi connectivity index (χ1n) is 4.59. The maximum atomic E-state index is 5.37. The molecule has 0 aromatic rings. The molecule has 0 unspecified atom stereocenters. The highest BCUT2D eigenvalue weighted by Crippen LogP contribution is 2.08. The molecule has 0 N–H and O–H groups in total. The van der Waals surface area contributed by atoms with E-state index in [0.717, 1.165) is 25.5 Å². The van der Waals surface area contributed by atoms with E-state index in [1.165, 1.54) is 25.7 Å². The second-order valence-corrected chi connectivity index (χ2v) is 2.87. The molecule has 0 amide bonds. The van der Waals surface area contributed by atoms with Crippen molar-refractivity contribution in [1.82, 2.24) is 0 Å². The summed E-state index contributed by atoms with van der Waals surface area (Å²) in [4.78, 5) is 4.37. The van der Waals surface area contributed by atoms with Gasteiger partial charge in [-0.25, -0.2) is 0 Å². The van der Waals surface area contributed by atoms with Gasteiger partial charge in [0.2, 0.25) is 0 Å². The molecule has 0 atom stereocenters. The van der Waals surface area contributed by atoms with E-state index < -0.39 is 0 Å². The minimum atomic E-state index is 0.763. The number of aliphatic imine (C=N–C) groups is 1. The standard InChI is InChI=1S/C9H17NO/c1-2-11-9-7-5-3-4-6-8-10-9/h2-8H2,1H3. The Morgan fingerprint density at radius 3 is 2.91 bits per heavy atom. The highest BCUT2D eigenvalue weighted by Gasteiger charge is 2.02. The van der Waals surface area contributed by atoms with E-state index in [2.05, 4.69) is 4.99 Å². The molecule has 1 aliphatic heterocycles. The van der Waals surface area contributed by atoms with Crippen molar-refractivity contribution in [1.29, 1.82) is 0 Å². The summed E-state index contributed by atoms with van der Waals surface area (Å²) in [6, 6.07) is 0. The van der Waals surface area contributed by atoms with Gasteiger partial charge in [0.05, 0.1) is 6.61 Å². The Labute approximate surface area is 68.7 Å². The number of ether oxygens (including phenoxy) is 1. The Hall–Kier alpha value is -0.530. The summed E-state index contributed by atoms with van der Waals surface area (Å²) in [5, 5.41) is 0. The van der Waals surface area contributed by atoms with E-state index in [9.17, 15) is 0 Å². The summed E-state index contributed by atoms with van der Waals surface area (Å²) in [5.41, 5.74) is 0. The van der Waals surface area contributed by atoms with Gasteiger partial charge in [0.25, 0.3) is 0 Å². The molecule has 0 spiro atoms. The molecule has 64 valence electrons. The van der Waals surface area contributed by atoms with Crippen LogP contribution in [0.2, 0.25) is 0 Å². The molecule has 1 aliphatic rings. The third-order valence-electron chi connectivity index (χ3n) is 1.90. The molecule has 2 nitrogen and oxygen atoms in total. The fourth-order valence-electron chi connectivity index (χ4n) is 1.31. The Morgan fingerprint density at radius 1 is 1.27 bits per heavy atom. The van der Waals surface area contributed by atoms with Crippen molar-refractivity contribution >= 4 is 5.90 Å². The summed E-state index contributed by atoms with van der Waals surface area (Å²) >= 11 is 0. The predicted octanol–water partition coefficient (Wildman–Crippen LogP) is 2.39. The van der Waals surface area contributed by atoms with Crippen LogP contribution < -0.4 is 0 Å². The second-order valence-electron chi connectivity index (χ2n) is 2.87. The van der Waals surface area contributed by atoms with Crippen LogP contribution in [0, 0.1) is 0 Å². The van der Waals surface area contributed by atoms with Crippen molar-refractivity contribution in [2.75, 3.05) is 13.2 Å². The van der Waals surface area contributed by atoms with Crippen molar-refractivity contribution in [3.05, 3.63) is 0 Å². The minimum absolute atomic E-state index is 0.763. The van der Waals surface area contributed by atoms with Crippen molar-refractivity contribution in [3.8, 4) is 0 Å². The zero-order chi connectivity index (χ0) is 7.94. The third kappa shape index (κ3) is 3.40. The van der Waals surface area contributed by atoms with Crippen molar-refractivity contribution in [2.45, 2.75) is 39.0 Å². The van der Waals surface area contributed by atoms with Gasteiger partial charge in [-0.05, 0) is 19.8 Å². The number of hydrogen-bond donors (Lipinski definition) is 0. The van der Waals surface area contributed by atoms with Gasteiger partial charge in [-0.1, -0.05) is 12.8 Å². The van der Waals surface area contributed by atoms with Gasteiger partial charge in [0.15, 0.2) is 5.90 Å². The van der Waals surface area contributed by atoms with Gasteiger partial charge in [-0.15, -0.1) is 0 Å². The van der Waals surface area contributed by atoms with E-state index >= 15 is 0 Å². The van der Waals surface area contributed by atoms with Crippen LogP contribution in [-0.4, -0.2) is 19.0 Å². The highest BCUT2D eigenvalue weighted by molar-refractivity contribution is 5.76. The van der Waals surface area contributed by atoms with Crippen molar-refractivity contribution < 1.29 is 4.74 Å². The molecule has 1 rings (SSSR count). The summed E-state index contributed by atoms with van der Waals surface area (Å²) in [5.74, 6) is 0.979. The lowest BCUT2D eigenvalue weighted by atomic mass is 10.1. The first kappa shape index (κ1) is 8.57. The third-order valence-corrected chi connectivity index (χ3v) is 1.90. The highest BCUT2D eigenvalue weighted by atomic mass is 16.5. The van der Waals surface area contributed by atoms with E-state index in [4.69, 9.17) is 4.74 Å². The topological polar surface area (TPSA) is 21.6 Å². The second kappa shape index (κ2) is 5.16. The number of nitrogens with zero attached hydrogens (tertiary/aromatic N) is 1. The SMILES string of the molecule is CCOC1=NCCCCCC1. The Bertz CT molecular complexity index is 132. The normalized spacial score (nSPS) is 19.9. The maximum Gasteiger partial charge on any atom is 0.183 e. The average molecular weight is 155 g/mol. The predicted molar refractivity (Wildman–Crippen MR) is 47.0 cm³/mol. The maximum absolute atomic E-state index is 5.37. The molecule has 0 fully saturated rings. The van der Waals surface area contributed by atoms with Crippen molar-refractivity contribution in [3.63, 3.8) is 0 Å². The fraction of sp³-hybridized carbons (Fsp3) is 0.889. The monoisotopic (exact) mass is 155 g/mol. The largest absolute Gasteiger partial charge is 0.481 e. The first-order valence-corrected chi connectivity index (χ1v) is 4.59. The molecule has 11 heavy (non-hydrogen) atoms. The van der Waals surface area contributed by atoms with Crippen LogP contribution in [0.1, 0.15) is 39.0 Å². The van der Waals surface area contributed by atoms with Crippen LogP contribution >= 0.6 is 0 Å². The molecule has 0 aromatic heterocycles. The molecule has 0 aliphatic carbocycles. The van der Waals surface area contributed by atoms with E-state index in [1.54, 1.807) is 0 Å². The summed E-state index contributed by atoms with van der Waals surface area (Å²) in [6.45, 7) is 3.75. The molecule has 0 radical (unpaired) electrons. The first-order chi connectivity index (χ1) is 5.43. The Morgan fingerprint density at radius 2 is 2.09 bits per heavy atom. The molecule has 0 bridgehead atoms. The van der Waals surface area contributed by atoms with Gasteiger partial charge in [-0.2, -0.15) is 0 Å². The number of rotatable bonds is 1. The summed E-state index contributed by atoms with van der Waals surface area (Å²) < 4.78 is 5.37. The van der Waals surface area contributed by atoms with Gasteiger partial charge in [-0.3, -0.25) is 4.99 Å². The van der Waals surface area contributed by atoms with Gasteiger partial charge < -0.3 is 4.74 Å². The average Bonchev–Trinajstić information content (AvgIpc) is 1.94. The number of hydrogen-bond acceptors (Lipinski definition) is 2. The molecule has 1 heterocycles. The zero-order valence-electron chi connectivity index (χ0n) is 7.31. The fourth-order valence-corrected chi connectivity index (χ4v) is 1.31. The van der Waals surface area contributed by atoms with Crippen LogP contribution in [0.5, 0.6) is 0 Å². The molecule has 0 saturated heterocycles. The lowest BCUT2D eigenvalue weighted by Crippen LogP contribution is -2.07. The van der Waals surface area contributed by atoms with Gasteiger partial charge in [0.1, 0.15) is 0 Å². The van der Waals surface area contributed by atoms with E-state index in [0.29, 0.717) is 0 Å². The van der Waals surface area contributed by atoms with Crippen LogP contribution in [0.3, 0.4) is 0 Å². The summed E-state index contributed by atoms with van der Waals surface area (Å²) in [6.07, 6.45) is 6.21. The summed E-state index contributed by atoms with van der Waals surface area (Å²) in [7, 11) is 0. The molecular formula is C9H17NO. The van der Waals surface area contributed by atoms with E-state index in [1.807, 2.05) is 6.92 Å². The van der Waals surface area contributed by atoms with E-state index in [-0.39, 0.29) is 0 Å². The minimum Gasteiger partial charge on any atom is -0.481 e. The smallest absolute Gasteiger partial charge is 0.183 e.